The normalized spacial score (nSPS) is 16.1. The molecule has 1 saturated heterocycles. The van der Waals surface area contributed by atoms with Crippen molar-refractivity contribution in [3.05, 3.63) is 76.6 Å². The Kier molecular flexibility index (Phi) is 5.10. The van der Waals surface area contributed by atoms with E-state index in [-0.39, 0.29) is 5.78 Å². The highest BCUT2D eigenvalue weighted by molar-refractivity contribution is 6.10. The number of nitrogens with zero attached hydrogens (tertiary/aromatic N) is 1. The third-order valence-electron chi connectivity index (χ3n) is 6.59. The summed E-state index contributed by atoms with van der Waals surface area (Å²) in [5.41, 5.74) is 3.98. The third kappa shape index (κ3) is 3.14. The van der Waals surface area contributed by atoms with Crippen LogP contribution in [0.1, 0.15) is 57.3 Å². The maximum atomic E-state index is 13.7. The molecule has 0 saturated carbocycles. The minimum absolute atomic E-state index is 0.0471. The SMILES string of the molecule is CCc1ccc(C(=O)c2ccn3c2C2(CCNCC2)Oc2cc(C=O)ccc2-3)cc1OC. The molecule has 1 aromatic heterocycles. The van der Waals surface area contributed by atoms with Gasteiger partial charge in [-0.25, -0.2) is 0 Å². The third-order valence-corrected chi connectivity index (χ3v) is 6.59. The van der Waals surface area contributed by atoms with Crippen molar-refractivity contribution in [2.24, 2.45) is 0 Å². The molecule has 1 spiro atoms. The van der Waals surface area contributed by atoms with Crippen LogP contribution in [-0.2, 0) is 12.0 Å². The number of hydrogen-bond acceptors (Lipinski definition) is 5. The Labute approximate surface area is 187 Å². The minimum atomic E-state index is -0.623. The van der Waals surface area contributed by atoms with Crippen LogP contribution in [0.5, 0.6) is 11.5 Å². The summed E-state index contributed by atoms with van der Waals surface area (Å²) in [6, 6.07) is 13.0. The molecule has 0 radical (unpaired) electrons. The second-order valence-electron chi connectivity index (χ2n) is 8.35. The number of hydrogen-bond donors (Lipinski definition) is 1. The number of rotatable bonds is 5. The number of aromatic nitrogens is 1. The topological polar surface area (TPSA) is 69.6 Å². The number of piperidine rings is 1. The Morgan fingerprint density at radius 2 is 2.00 bits per heavy atom. The van der Waals surface area contributed by atoms with Crippen LogP contribution in [0.2, 0.25) is 0 Å². The van der Waals surface area contributed by atoms with Gasteiger partial charge in [0.25, 0.3) is 0 Å². The number of aryl methyl sites for hydroxylation is 1. The van der Waals surface area contributed by atoms with Crippen LogP contribution in [0.25, 0.3) is 5.69 Å². The highest BCUT2D eigenvalue weighted by Crippen LogP contribution is 2.46. The van der Waals surface area contributed by atoms with Crippen LogP contribution in [0.3, 0.4) is 0 Å². The smallest absolute Gasteiger partial charge is 0.195 e. The lowest BCUT2D eigenvalue weighted by molar-refractivity contribution is 0.0194. The zero-order valence-corrected chi connectivity index (χ0v) is 18.3. The van der Waals surface area contributed by atoms with Crippen LogP contribution < -0.4 is 14.8 Å². The van der Waals surface area contributed by atoms with Gasteiger partial charge in [0.15, 0.2) is 11.4 Å². The van der Waals surface area contributed by atoms with Crippen molar-refractivity contribution in [3.8, 4) is 17.2 Å². The quantitative estimate of drug-likeness (QED) is 0.488. The fourth-order valence-corrected chi connectivity index (χ4v) is 4.93. The molecule has 0 unspecified atom stereocenters. The Balaban J connectivity index is 1.66. The number of aldehydes is 1. The van der Waals surface area contributed by atoms with Crippen LogP contribution in [0.15, 0.2) is 48.7 Å². The van der Waals surface area contributed by atoms with Crippen LogP contribution in [0, 0.1) is 0 Å². The number of nitrogens with one attached hydrogen (secondary N) is 1. The van der Waals surface area contributed by atoms with Gasteiger partial charge >= 0.3 is 0 Å². The first-order valence-electron chi connectivity index (χ1n) is 11.0. The van der Waals surface area contributed by atoms with E-state index in [1.165, 1.54) is 0 Å². The molecule has 5 rings (SSSR count). The second kappa shape index (κ2) is 7.95. The van der Waals surface area contributed by atoms with E-state index in [2.05, 4.69) is 16.8 Å². The molecule has 3 heterocycles. The van der Waals surface area contributed by atoms with Crippen LogP contribution in [-0.4, -0.2) is 36.8 Å². The molecule has 3 aromatic rings. The Morgan fingerprint density at radius 1 is 1.19 bits per heavy atom. The highest BCUT2D eigenvalue weighted by Gasteiger charge is 2.45. The predicted octanol–water partition coefficient (Wildman–Crippen LogP) is 4.06. The fourth-order valence-electron chi connectivity index (χ4n) is 4.93. The number of benzene rings is 2. The van der Waals surface area contributed by atoms with E-state index in [1.54, 1.807) is 19.2 Å². The first-order valence-corrected chi connectivity index (χ1v) is 11.0. The van der Waals surface area contributed by atoms with Gasteiger partial charge in [-0.15, -0.1) is 0 Å². The highest BCUT2D eigenvalue weighted by atomic mass is 16.5. The maximum absolute atomic E-state index is 13.7. The van der Waals surface area contributed by atoms with Gasteiger partial charge < -0.3 is 19.4 Å². The van der Waals surface area contributed by atoms with Crippen molar-refractivity contribution in [1.82, 2.24) is 9.88 Å². The van der Waals surface area contributed by atoms with E-state index in [1.807, 2.05) is 36.5 Å². The molecule has 6 heteroatoms. The summed E-state index contributed by atoms with van der Waals surface area (Å²) < 4.78 is 14.2. The molecule has 32 heavy (non-hydrogen) atoms. The lowest BCUT2D eigenvalue weighted by atomic mass is 9.83. The summed E-state index contributed by atoms with van der Waals surface area (Å²) in [5.74, 6) is 1.35. The lowest BCUT2D eigenvalue weighted by Crippen LogP contribution is -2.47. The number of carbonyl (C=O) groups is 2. The summed E-state index contributed by atoms with van der Waals surface area (Å²) >= 11 is 0. The molecular weight excluding hydrogens is 404 g/mol. The molecule has 1 N–H and O–H groups in total. The van der Waals surface area contributed by atoms with E-state index in [9.17, 15) is 9.59 Å². The molecule has 1 fully saturated rings. The number of ether oxygens (including phenoxy) is 2. The first-order chi connectivity index (χ1) is 15.6. The van der Waals surface area contributed by atoms with Gasteiger partial charge in [0.05, 0.1) is 18.5 Å². The van der Waals surface area contributed by atoms with Crippen molar-refractivity contribution >= 4 is 12.1 Å². The van der Waals surface area contributed by atoms with Gasteiger partial charge in [-0.2, -0.15) is 0 Å². The molecule has 164 valence electrons. The number of methoxy groups -OCH3 is 1. The molecule has 2 aliphatic rings. The van der Waals surface area contributed by atoms with Gasteiger partial charge in [-0.05, 0) is 55.4 Å². The van der Waals surface area contributed by atoms with Crippen molar-refractivity contribution in [2.45, 2.75) is 31.8 Å². The molecular formula is C26H26N2O4. The average Bonchev–Trinajstić information content (AvgIpc) is 3.30. The van der Waals surface area contributed by atoms with Gasteiger partial charge in [0.1, 0.15) is 17.8 Å². The second-order valence-corrected chi connectivity index (χ2v) is 8.35. The van der Waals surface area contributed by atoms with Gasteiger partial charge in [-0.1, -0.05) is 19.1 Å². The minimum Gasteiger partial charge on any atom is -0.496 e. The molecule has 0 bridgehead atoms. The van der Waals surface area contributed by atoms with Crippen molar-refractivity contribution in [2.75, 3.05) is 20.2 Å². The summed E-state index contributed by atoms with van der Waals surface area (Å²) in [6.45, 7) is 3.65. The zero-order chi connectivity index (χ0) is 22.3. The predicted molar refractivity (Wildman–Crippen MR) is 121 cm³/mol. The van der Waals surface area contributed by atoms with Crippen LogP contribution in [0.4, 0.5) is 0 Å². The van der Waals surface area contributed by atoms with E-state index >= 15 is 0 Å². The average molecular weight is 431 g/mol. The fraction of sp³-hybridized carbons (Fsp3) is 0.308. The van der Waals surface area contributed by atoms with Crippen molar-refractivity contribution < 1.29 is 19.1 Å². The van der Waals surface area contributed by atoms with Gasteiger partial charge in [0, 0.05) is 35.7 Å². The van der Waals surface area contributed by atoms with Crippen molar-refractivity contribution in [3.63, 3.8) is 0 Å². The van der Waals surface area contributed by atoms with Crippen LogP contribution >= 0.6 is 0 Å². The Bertz CT molecular complexity index is 1200. The van der Waals surface area contributed by atoms with E-state index in [0.29, 0.717) is 22.4 Å². The lowest BCUT2D eigenvalue weighted by Gasteiger charge is -2.43. The summed E-state index contributed by atoms with van der Waals surface area (Å²) in [6.07, 6.45) is 5.07. The molecule has 2 aromatic carbocycles. The summed E-state index contributed by atoms with van der Waals surface area (Å²) in [7, 11) is 1.63. The van der Waals surface area contributed by atoms with E-state index in [4.69, 9.17) is 9.47 Å². The van der Waals surface area contributed by atoms with E-state index < -0.39 is 5.60 Å². The summed E-state index contributed by atoms with van der Waals surface area (Å²) in [4.78, 5) is 25.0. The van der Waals surface area contributed by atoms with Crippen molar-refractivity contribution in [1.29, 1.82) is 0 Å². The first kappa shape index (κ1) is 20.5. The maximum Gasteiger partial charge on any atom is 0.195 e. The summed E-state index contributed by atoms with van der Waals surface area (Å²) in [5, 5.41) is 3.39. The number of fused-ring (bicyclic) bond motifs is 4. The Hall–Kier alpha value is -3.38. The zero-order valence-electron chi connectivity index (χ0n) is 18.3. The van der Waals surface area contributed by atoms with E-state index in [0.717, 1.165) is 61.3 Å². The molecule has 0 aliphatic carbocycles. The monoisotopic (exact) mass is 430 g/mol. The van der Waals surface area contributed by atoms with Gasteiger partial charge in [-0.3, -0.25) is 9.59 Å². The standard InChI is InChI=1S/C26H26N2O4/c1-3-18-5-6-19(15-22(18)31-2)24(30)20-8-13-28-21-7-4-17(16-29)14-23(21)32-26(25(20)28)9-11-27-12-10-26/h4-8,13-16,27H,3,9-12H2,1-2H3. The van der Waals surface area contributed by atoms with Gasteiger partial charge in [0.2, 0.25) is 0 Å². The molecule has 6 nitrogen and oxygen atoms in total. The largest absolute Gasteiger partial charge is 0.496 e. The number of ketones is 1. The Morgan fingerprint density at radius 3 is 2.72 bits per heavy atom. The molecule has 2 aliphatic heterocycles. The molecule has 0 amide bonds. The molecule has 0 atom stereocenters. The number of carbonyl (C=O) groups excluding carboxylic acids is 2.